The van der Waals surface area contributed by atoms with E-state index >= 15 is 0 Å². The minimum atomic E-state index is 0.220. The van der Waals surface area contributed by atoms with Gasteiger partial charge in [-0.3, -0.25) is 4.79 Å². The number of hydrogen-bond donors (Lipinski definition) is 0. The first-order chi connectivity index (χ1) is 5.70. The van der Waals surface area contributed by atoms with Crippen LogP contribution < -0.4 is 0 Å². The Morgan fingerprint density at radius 3 is 2.92 bits per heavy atom. The summed E-state index contributed by atoms with van der Waals surface area (Å²) in [7, 11) is 0. The lowest BCUT2D eigenvalue weighted by molar-refractivity contribution is -0.116. The molecular weight excluding hydrogens is 148 g/mol. The van der Waals surface area contributed by atoms with E-state index in [-0.39, 0.29) is 5.78 Å². The molecule has 0 heterocycles. The van der Waals surface area contributed by atoms with Crippen LogP contribution in [0.5, 0.6) is 0 Å². The zero-order valence-corrected chi connectivity index (χ0v) is 7.58. The van der Waals surface area contributed by atoms with Gasteiger partial charge >= 0.3 is 0 Å². The van der Waals surface area contributed by atoms with E-state index in [1.807, 2.05) is 18.2 Å². The minimum absolute atomic E-state index is 0.220. The normalized spacial score (nSPS) is 24.8. The van der Waals surface area contributed by atoms with Gasteiger partial charge in [0.15, 0.2) is 0 Å². The van der Waals surface area contributed by atoms with E-state index in [1.54, 1.807) is 6.92 Å². The molecule has 0 aromatic heterocycles. The van der Waals surface area contributed by atoms with Crippen LogP contribution in [0.1, 0.15) is 20.3 Å². The molecule has 0 saturated heterocycles. The average molecular weight is 162 g/mol. The zero-order valence-electron chi connectivity index (χ0n) is 7.58. The maximum Gasteiger partial charge on any atom is 0.133 e. The Morgan fingerprint density at radius 1 is 1.58 bits per heavy atom. The predicted molar refractivity (Wildman–Crippen MR) is 50.8 cm³/mol. The number of rotatable bonds is 2. The molecule has 0 amide bonds. The smallest absolute Gasteiger partial charge is 0.133 e. The number of ketones is 1. The molecule has 0 aliphatic heterocycles. The number of Topliss-reactive ketones (excluding diaryl/α,β-unsaturated/α-hetero) is 1. The zero-order chi connectivity index (χ0) is 8.97. The molecule has 1 nitrogen and oxygen atoms in total. The number of carbonyl (C=O) groups excluding carboxylic acids is 1. The first-order valence-corrected chi connectivity index (χ1v) is 4.24. The molecule has 64 valence electrons. The van der Waals surface area contributed by atoms with Gasteiger partial charge in [0.25, 0.3) is 0 Å². The van der Waals surface area contributed by atoms with Gasteiger partial charge in [-0.1, -0.05) is 37.3 Å². The molecule has 0 saturated carbocycles. The summed E-state index contributed by atoms with van der Waals surface area (Å²) in [5, 5.41) is 0. The van der Waals surface area contributed by atoms with E-state index in [2.05, 4.69) is 19.1 Å². The quantitative estimate of drug-likeness (QED) is 0.610. The van der Waals surface area contributed by atoms with Crippen LogP contribution in [0.25, 0.3) is 0 Å². The topological polar surface area (TPSA) is 17.1 Å². The summed E-state index contributed by atoms with van der Waals surface area (Å²) < 4.78 is 0. The van der Waals surface area contributed by atoms with Crippen molar-refractivity contribution in [1.29, 1.82) is 0 Å². The van der Waals surface area contributed by atoms with E-state index in [1.165, 1.54) is 5.57 Å². The van der Waals surface area contributed by atoms with Gasteiger partial charge in [-0.2, -0.15) is 0 Å². The lowest BCUT2D eigenvalue weighted by Gasteiger charge is -2.10. The van der Waals surface area contributed by atoms with Crippen molar-refractivity contribution in [2.75, 3.05) is 0 Å². The number of hydrogen-bond acceptors (Lipinski definition) is 1. The Labute approximate surface area is 73.5 Å². The molecular formula is C11H14O. The molecule has 1 aliphatic carbocycles. The van der Waals surface area contributed by atoms with Crippen molar-refractivity contribution in [3.63, 3.8) is 0 Å². The van der Waals surface area contributed by atoms with Crippen molar-refractivity contribution >= 4 is 5.78 Å². The van der Waals surface area contributed by atoms with Gasteiger partial charge in [-0.25, -0.2) is 0 Å². The Morgan fingerprint density at radius 2 is 2.33 bits per heavy atom. The molecule has 1 atom stereocenters. The fourth-order valence-electron chi connectivity index (χ4n) is 1.18. The fourth-order valence-corrected chi connectivity index (χ4v) is 1.18. The van der Waals surface area contributed by atoms with Gasteiger partial charge in [-0.05, 0) is 18.4 Å². The molecule has 1 unspecified atom stereocenters. The highest BCUT2D eigenvalue weighted by atomic mass is 16.1. The van der Waals surface area contributed by atoms with Crippen molar-refractivity contribution < 1.29 is 4.79 Å². The molecule has 1 heteroatoms. The minimum Gasteiger partial charge on any atom is -0.300 e. The molecule has 0 fully saturated rings. The summed E-state index contributed by atoms with van der Waals surface area (Å²) in [6.45, 7) is 3.75. The van der Waals surface area contributed by atoms with Crippen LogP contribution in [0.2, 0.25) is 0 Å². The van der Waals surface area contributed by atoms with Crippen LogP contribution in [0, 0.1) is 5.92 Å². The second kappa shape index (κ2) is 4.05. The molecule has 0 radical (unpaired) electrons. The van der Waals surface area contributed by atoms with E-state index in [9.17, 15) is 4.79 Å². The third kappa shape index (κ3) is 2.50. The molecule has 0 aromatic rings. The van der Waals surface area contributed by atoms with Gasteiger partial charge in [0.1, 0.15) is 5.78 Å². The monoisotopic (exact) mass is 162 g/mol. The van der Waals surface area contributed by atoms with Crippen molar-refractivity contribution in [3.05, 3.63) is 36.0 Å². The summed E-state index contributed by atoms with van der Waals surface area (Å²) in [6.07, 6.45) is 10.8. The predicted octanol–water partition coefficient (Wildman–Crippen LogP) is 2.65. The highest BCUT2D eigenvalue weighted by Crippen LogP contribution is 2.18. The maximum atomic E-state index is 10.7. The first-order valence-electron chi connectivity index (χ1n) is 4.24. The summed E-state index contributed by atoms with van der Waals surface area (Å²) in [5.74, 6) is 0.673. The molecule has 12 heavy (non-hydrogen) atoms. The van der Waals surface area contributed by atoms with E-state index < -0.39 is 0 Å². The third-order valence-electron chi connectivity index (χ3n) is 1.95. The van der Waals surface area contributed by atoms with Gasteiger partial charge in [0.05, 0.1) is 0 Å². The van der Waals surface area contributed by atoms with Crippen molar-refractivity contribution in [2.45, 2.75) is 20.3 Å². The summed E-state index contributed by atoms with van der Waals surface area (Å²) in [4.78, 5) is 10.7. The molecule has 0 aromatic carbocycles. The van der Waals surface area contributed by atoms with Crippen LogP contribution in [-0.4, -0.2) is 5.78 Å². The second-order valence-corrected chi connectivity index (χ2v) is 3.14. The summed E-state index contributed by atoms with van der Waals surface area (Å²) in [5.41, 5.74) is 1.24. The third-order valence-corrected chi connectivity index (χ3v) is 1.95. The molecule has 1 aliphatic rings. The van der Waals surface area contributed by atoms with Crippen molar-refractivity contribution in [1.82, 2.24) is 0 Å². The first kappa shape index (κ1) is 8.98. The highest BCUT2D eigenvalue weighted by Gasteiger charge is 2.04. The van der Waals surface area contributed by atoms with Crippen LogP contribution in [0.3, 0.4) is 0 Å². The lowest BCUT2D eigenvalue weighted by Crippen LogP contribution is -1.97. The summed E-state index contributed by atoms with van der Waals surface area (Å²) in [6, 6.07) is 0. The Hall–Kier alpha value is -1.11. The van der Waals surface area contributed by atoms with E-state index in [0.717, 1.165) is 0 Å². The van der Waals surface area contributed by atoms with Crippen molar-refractivity contribution in [2.24, 2.45) is 5.92 Å². The molecule has 1 rings (SSSR count). The molecule has 0 bridgehead atoms. The maximum absolute atomic E-state index is 10.7. The van der Waals surface area contributed by atoms with Crippen LogP contribution in [-0.2, 0) is 4.79 Å². The second-order valence-electron chi connectivity index (χ2n) is 3.14. The molecule has 0 spiro atoms. The van der Waals surface area contributed by atoms with Gasteiger partial charge in [0, 0.05) is 6.42 Å². The summed E-state index contributed by atoms with van der Waals surface area (Å²) >= 11 is 0. The van der Waals surface area contributed by atoms with E-state index in [0.29, 0.717) is 12.3 Å². The van der Waals surface area contributed by atoms with Gasteiger partial charge in [-0.15, -0.1) is 0 Å². The van der Waals surface area contributed by atoms with Crippen molar-refractivity contribution in [3.8, 4) is 0 Å². The Balaban J connectivity index is 2.62. The largest absolute Gasteiger partial charge is 0.300 e. The van der Waals surface area contributed by atoms with Gasteiger partial charge in [0.2, 0.25) is 0 Å². The van der Waals surface area contributed by atoms with E-state index in [4.69, 9.17) is 0 Å². The standard InChI is InChI=1S/C11H14O/c1-9-5-3-4-6-11(9)8-7-10(2)12/h3-6,8-9H,7H2,1-2H3/b11-8-. The number of allylic oxidation sites excluding steroid dienone is 6. The van der Waals surface area contributed by atoms with Crippen LogP contribution in [0.4, 0.5) is 0 Å². The number of carbonyl (C=O) groups is 1. The lowest BCUT2D eigenvalue weighted by atomic mass is 9.95. The average Bonchev–Trinajstić information content (AvgIpc) is 2.03. The highest BCUT2D eigenvalue weighted by molar-refractivity contribution is 5.77. The molecule has 0 N–H and O–H groups in total. The van der Waals surface area contributed by atoms with Gasteiger partial charge < -0.3 is 0 Å². The van der Waals surface area contributed by atoms with Crippen LogP contribution in [0.15, 0.2) is 36.0 Å². The Bertz CT molecular complexity index is 256. The van der Waals surface area contributed by atoms with Crippen LogP contribution >= 0.6 is 0 Å². The fraction of sp³-hybridized carbons (Fsp3) is 0.364. The SMILES string of the molecule is CC(=O)C/C=C1/C=CC=CC1C. The Kier molecular flexibility index (Phi) is 3.03.